The normalized spacial score (nSPS) is 14.9. The van der Waals surface area contributed by atoms with Crippen molar-refractivity contribution in [3.63, 3.8) is 0 Å². The maximum atomic E-state index is 12.8. The van der Waals surface area contributed by atoms with Crippen LogP contribution in [0.5, 0.6) is 5.75 Å². The standard InChI is InChI=1S/C19H18BrN3O2/c20-14-2-1-13-11-18(21-17(13)12-14)19(25)23-9-7-22(8-10-23)15-3-5-16(24)6-4-15/h1-6,11-12,21,24H,7-10H2. The molecule has 0 saturated carbocycles. The summed E-state index contributed by atoms with van der Waals surface area (Å²) in [7, 11) is 0. The van der Waals surface area contributed by atoms with Crippen molar-refractivity contribution in [2.45, 2.75) is 0 Å². The van der Waals surface area contributed by atoms with Crippen LogP contribution >= 0.6 is 15.9 Å². The molecule has 1 amide bonds. The van der Waals surface area contributed by atoms with E-state index in [0.29, 0.717) is 18.8 Å². The smallest absolute Gasteiger partial charge is 0.270 e. The number of aromatic nitrogens is 1. The molecule has 4 rings (SSSR count). The van der Waals surface area contributed by atoms with Gasteiger partial charge in [-0.25, -0.2) is 0 Å². The molecule has 2 N–H and O–H groups in total. The van der Waals surface area contributed by atoms with Crippen LogP contribution in [0.2, 0.25) is 0 Å². The molecule has 25 heavy (non-hydrogen) atoms. The van der Waals surface area contributed by atoms with Gasteiger partial charge in [0.05, 0.1) is 0 Å². The van der Waals surface area contributed by atoms with Gasteiger partial charge in [-0.05, 0) is 42.5 Å². The van der Waals surface area contributed by atoms with Crippen LogP contribution in [-0.4, -0.2) is 47.1 Å². The summed E-state index contributed by atoms with van der Waals surface area (Å²) in [6.07, 6.45) is 0. The highest BCUT2D eigenvalue weighted by Gasteiger charge is 2.23. The number of phenols is 1. The Hall–Kier alpha value is -2.47. The predicted octanol–water partition coefficient (Wildman–Crippen LogP) is 3.60. The first-order chi connectivity index (χ1) is 12.1. The molecule has 0 bridgehead atoms. The molecular formula is C19H18BrN3O2. The first-order valence-electron chi connectivity index (χ1n) is 8.22. The maximum absolute atomic E-state index is 12.8. The Morgan fingerprint density at radius 2 is 1.72 bits per heavy atom. The van der Waals surface area contributed by atoms with Crippen molar-refractivity contribution in [3.05, 3.63) is 58.7 Å². The lowest BCUT2D eigenvalue weighted by atomic mass is 10.2. The summed E-state index contributed by atoms with van der Waals surface area (Å²) in [5.41, 5.74) is 2.66. The molecule has 1 saturated heterocycles. The average Bonchev–Trinajstić information content (AvgIpc) is 3.05. The number of carbonyl (C=O) groups is 1. The molecule has 0 radical (unpaired) electrons. The van der Waals surface area contributed by atoms with Crippen LogP contribution in [0.3, 0.4) is 0 Å². The summed E-state index contributed by atoms with van der Waals surface area (Å²) in [6, 6.07) is 15.1. The van der Waals surface area contributed by atoms with E-state index in [0.717, 1.165) is 34.2 Å². The molecule has 1 aliphatic heterocycles. The van der Waals surface area contributed by atoms with E-state index in [2.05, 4.69) is 25.8 Å². The number of aromatic hydroxyl groups is 1. The van der Waals surface area contributed by atoms with Crippen LogP contribution in [0, 0.1) is 0 Å². The van der Waals surface area contributed by atoms with Crippen molar-refractivity contribution < 1.29 is 9.90 Å². The molecule has 0 spiro atoms. The van der Waals surface area contributed by atoms with Crippen molar-refractivity contribution in [3.8, 4) is 5.75 Å². The first kappa shape index (κ1) is 16.0. The lowest BCUT2D eigenvalue weighted by molar-refractivity contribution is 0.0742. The van der Waals surface area contributed by atoms with Crippen LogP contribution in [0.25, 0.3) is 10.9 Å². The Balaban J connectivity index is 1.46. The van der Waals surface area contributed by atoms with Crippen molar-refractivity contribution in [1.82, 2.24) is 9.88 Å². The van der Waals surface area contributed by atoms with E-state index in [-0.39, 0.29) is 11.7 Å². The van der Waals surface area contributed by atoms with Gasteiger partial charge in [0.25, 0.3) is 5.91 Å². The number of phenolic OH excluding ortho intramolecular Hbond substituents is 1. The van der Waals surface area contributed by atoms with E-state index in [1.54, 1.807) is 12.1 Å². The molecule has 2 aromatic carbocycles. The van der Waals surface area contributed by atoms with Gasteiger partial charge in [-0.15, -0.1) is 0 Å². The molecule has 0 atom stereocenters. The number of benzene rings is 2. The molecule has 3 aromatic rings. The summed E-state index contributed by atoms with van der Waals surface area (Å²) in [5.74, 6) is 0.306. The minimum atomic E-state index is 0.0395. The summed E-state index contributed by atoms with van der Waals surface area (Å²) < 4.78 is 0.989. The highest BCUT2D eigenvalue weighted by atomic mass is 79.9. The lowest BCUT2D eigenvalue weighted by Crippen LogP contribution is -2.48. The molecule has 0 aliphatic carbocycles. The van der Waals surface area contributed by atoms with Gasteiger partial charge >= 0.3 is 0 Å². The van der Waals surface area contributed by atoms with Gasteiger partial charge in [0.1, 0.15) is 11.4 Å². The molecule has 128 valence electrons. The second-order valence-corrected chi connectivity index (χ2v) is 7.13. The number of H-pyrrole nitrogens is 1. The van der Waals surface area contributed by atoms with Crippen LogP contribution in [0.4, 0.5) is 5.69 Å². The van der Waals surface area contributed by atoms with Gasteiger partial charge in [0.15, 0.2) is 0 Å². The molecule has 1 fully saturated rings. The van der Waals surface area contributed by atoms with Crippen molar-refractivity contribution in [2.24, 2.45) is 0 Å². The number of rotatable bonds is 2. The lowest BCUT2D eigenvalue weighted by Gasteiger charge is -2.36. The Kier molecular flexibility index (Phi) is 4.13. The number of nitrogens with one attached hydrogen (secondary N) is 1. The van der Waals surface area contributed by atoms with E-state index < -0.39 is 0 Å². The van der Waals surface area contributed by atoms with Gasteiger partial charge in [0.2, 0.25) is 0 Å². The molecular weight excluding hydrogens is 382 g/mol. The van der Waals surface area contributed by atoms with Crippen molar-refractivity contribution in [2.75, 3.05) is 31.1 Å². The number of anilines is 1. The Bertz CT molecular complexity index is 912. The predicted molar refractivity (Wildman–Crippen MR) is 102 cm³/mol. The molecule has 1 aliphatic rings. The Morgan fingerprint density at radius 1 is 1.00 bits per heavy atom. The zero-order valence-electron chi connectivity index (χ0n) is 13.6. The van der Waals surface area contributed by atoms with Crippen molar-refractivity contribution >= 4 is 38.4 Å². The van der Waals surface area contributed by atoms with Crippen LogP contribution < -0.4 is 4.90 Å². The Labute approximate surface area is 154 Å². The second kappa shape index (κ2) is 6.44. The monoisotopic (exact) mass is 399 g/mol. The highest BCUT2D eigenvalue weighted by Crippen LogP contribution is 2.23. The van der Waals surface area contributed by atoms with E-state index in [1.807, 2.05) is 41.3 Å². The number of hydrogen-bond acceptors (Lipinski definition) is 3. The Morgan fingerprint density at radius 3 is 2.44 bits per heavy atom. The number of aromatic amines is 1. The SMILES string of the molecule is O=C(c1cc2ccc(Br)cc2[nH]1)N1CCN(c2ccc(O)cc2)CC1. The van der Waals surface area contributed by atoms with E-state index in [9.17, 15) is 9.90 Å². The minimum absolute atomic E-state index is 0.0395. The number of fused-ring (bicyclic) bond motifs is 1. The quantitative estimate of drug-likeness (QED) is 0.691. The number of carbonyl (C=O) groups excluding carboxylic acids is 1. The van der Waals surface area contributed by atoms with Gasteiger partial charge in [-0.2, -0.15) is 0 Å². The number of halogens is 1. The highest BCUT2D eigenvalue weighted by molar-refractivity contribution is 9.10. The fourth-order valence-corrected chi connectivity index (χ4v) is 3.58. The second-order valence-electron chi connectivity index (χ2n) is 6.21. The number of nitrogens with zero attached hydrogens (tertiary/aromatic N) is 2. The van der Waals surface area contributed by atoms with Crippen LogP contribution in [-0.2, 0) is 0 Å². The van der Waals surface area contributed by atoms with Gasteiger partial charge in [-0.3, -0.25) is 4.79 Å². The number of piperazine rings is 1. The first-order valence-corrected chi connectivity index (χ1v) is 9.01. The van der Waals surface area contributed by atoms with Crippen LogP contribution in [0.1, 0.15) is 10.5 Å². The van der Waals surface area contributed by atoms with E-state index in [4.69, 9.17) is 0 Å². The topological polar surface area (TPSA) is 59.6 Å². The third-order valence-electron chi connectivity index (χ3n) is 4.60. The third kappa shape index (κ3) is 3.22. The zero-order valence-corrected chi connectivity index (χ0v) is 15.2. The maximum Gasteiger partial charge on any atom is 0.270 e. The fraction of sp³-hybridized carbons (Fsp3) is 0.211. The van der Waals surface area contributed by atoms with E-state index in [1.165, 1.54) is 0 Å². The molecule has 1 aromatic heterocycles. The minimum Gasteiger partial charge on any atom is -0.508 e. The fourth-order valence-electron chi connectivity index (χ4n) is 3.22. The molecule has 6 heteroatoms. The van der Waals surface area contributed by atoms with E-state index >= 15 is 0 Å². The largest absolute Gasteiger partial charge is 0.508 e. The summed E-state index contributed by atoms with van der Waals surface area (Å²) in [4.78, 5) is 20.1. The van der Waals surface area contributed by atoms with Gasteiger partial charge in [-0.1, -0.05) is 22.0 Å². The summed E-state index contributed by atoms with van der Waals surface area (Å²) >= 11 is 3.45. The zero-order chi connectivity index (χ0) is 17.4. The third-order valence-corrected chi connectivity index (χ3v) is 5.09. The van der Waals surface area contributed by atoms with Gasteiger partial charge < -0.3 is 19.9 Å². The molecule has 2 heterocycles. The summed E-state index contributed by atoms with van der Waals surface area (Å²) in [5, 5.41) is 10.4. The average molecular weight is 400 g/mol. The van der Waals surface area contributed by atoms with Gasteiger partial charge in [0, 0.05) is 47.2 Å². The molecule has 0 unspecified atom stereocenters. The number of amides is 1. The summed E-state index contributed by atoms with van der Waals surface area (Å²) in [6.45, 7) is 2.92. The molecule has 5 nitrogen and oxygen atoms in total. The van der Waals surface area contributed by atoms with Crippen LogP contribution in [0.15, 0.2) is 53.0 Å². The number of hydrogen-bond donors (Lipinski definition) is 2. The van der Waals surface area contributed by atoms with Crippen molar-refractivity contribution in [1.29, 1.82) is 0 Å².